The number of rotatable bonds is 6. The molecule has 0 spiro atoms. The number of anilines is 1. The van der Waals surface area contributed by atoms with Gasteiger partial charge in [-0.15, -0.1) is 0 Å². The molecule has 0 bridgehead atoms. The summed E-state index contributed by atoms with van der Waals surface area (Å²) in [6.07, 6.45) is 10.4. The third-order valence-corrected chi connectivity index (χ3v) is 5.39. The van der Waals surface area contributed by atoms with Crippen LogP contribution in [-0.2, 0) is 11.3 Å². The van der Waals surface area contributed by atoms with Crippen molar-refractivity contribution >= 4 is 11.8 Å². The monoisotopic (exact) mass is 369 g/mol. The van der Waals surface area contributed by atoms with Crippen molar-refractivity contribution in [1.82, 2.24) is 19.7 Å². The van der Waals surface area contributed by atoms with Gasteiger partial charge in [0, 0.05) is 25.4 Å². The Hall–Kier alpha value is -2.41. The summed E-state index contributed by atoms with van der Waals surface area (Å²) in [5.74, 6) is 0.769. The Balaban J connectivity index is 1.47. The third-order valence-electron chi connectivity index (χ3n) is 5.39. The molecule has 1 saturated carbocycles. The van der Waals surface area contributed by atoms with Crippen molar-refractivity contribution in [3.05, 3.63) is 42.4 Å². The zero-order chi connectivity index (χ0) is 18.5. The molecule has 2 aromatic rings. The molecule has 2 aromatic heterocycles. The first-order valence-electron chi connectivity index (χ1n) is 9.90. The fourth-order valence-corrected chi connectivity index (χ4v) is 3.98. The number of carbonyl (C=O) groups excluding carboxylic acids is 1. The fraction of sp³-hybridized carbons (Fsp3) is 0.550. The highest BCUT2D eigenvalue weighted by Gasteiger charge is 2.25. The lowest BCUT2D eigenvalue weighted by atomic mass is 10.2. The topological polar surface area (TPSA) is 72.3 Å². The lowest BCUT2D eigenvalue weighted by Gasteiger charge is -2.26. The molecule has 0 radical (unpaired) electrons. The molecule has 1 N–H and O–H groups in total. The summed E-state index contributed by atoms with van der Waals surface area (Å²) in [6.45, 7) is 1.81. The highest BCUT2D eigenvalue weighted by Crippen LogP contribution is 2.31. The van der Waals surface area contributed by atoms with Gasteiger partial charge in [0.1, 0.15) is 5.82 Å². The number of hydrogen-bond acceptors (Lipinski definition) is 4. The number of aromatic nitrogens is 3. The van der Waals surface area contributed by atoms with Gasteiger partial charge in [0.05, 0.1) is 30.6 Å². The molecular weight excluding hydrogens is 342 g/mol. The van der Waals surface area contributed by atoms with Gasteiger partial charge in [0.2, 0.25) is 0 Å². The first-order valence-corrected chi connectivity index (χ1v) is 9.90. The minimum atomic E-state index is -0.129. The van der Waals surface area contributed by atoms with Gasteiger partial charge in [-0.2, -0.15) is 5.10 Å². The van der Waals surface area contributed by atoms with Crippen molar-refractivity contribution in [3.63, 3.8) is 0 Å². The van der Waals surface area contributed by atoms with Gasteiger partial charge in [0.25, 0.3) is 0 Å². The highest BCUT2D eigenvalue weighted by atomic mass is 16.5. The molecule has 2 amide bonds. The van der Waals surface area contributed by atoms with Crippen molar-refractivity contribution in [2.45, 2.75) is 57.2 Å². The van der Waals surface area contributed by atoms with Gasteiger partial charge in [-0.3, -0.25) is 10.3 Å². The maximum Gasteiger partial charge on any atom is 0.323 e. The van der Waals surface area contributed by atoms with Crippen LogP contribution in [0.25, 0.3) is 0 Å². The lowest BCUT2D eigenvalue weighted by Crippen LogP contribution is -2.40. The molecule has 3 heterocycles. The number of hydrogen-bond donors (Lipinski definition) is 1. The number of carbonyl (C=O) groups is 1. The molecular formula is C20H27N5O2. The smallest absolute Gasteiger partial charge is 0.323 e. The van der Waals surface area contributed by atoms with Crippen LogP contribution in [0.1, 0.15) is 50.3 Å². The van der Waals surface area contributed by atoms with Crippen LogP contribution in [0.5, 0.6) is 0 Å². The number of nitrogens with zero attached hydrogens (tertiary/aromatic N) is 4. The van der Waals surface area contributed by atoms with Gasteiger partial charge in [-0.05, 0) is 37.8 Å². The van der Waals surface area contributed by atoms with E-state index in [2.05, 4.69) is 15.4 Å². The molecule has 7 nitrogen and oxygen atoms in total. The van der Waals surface area contributed by atoms with Crippen molar-refractivity contribution in [2.24, 2.45) is 0 Å². The predicted octanol–water partition coefficient (Wildman–Crippen LogP) is 3.61. The maximum atomic E-state index is 13.1. The second-order valence-corrected chi connectivity index (χ2v) is 7.37. The number of urea groups is 1. The van der Waals surface area contributed by atoms with E-state index >= 15 is 0 Å². The number of pyridine rings is 1. The SMILES string of the molecule is O=C(Nc1ccnn1C1CCCC1)N(Cc1ccccn1)CC1CCCO1. The van der Waals surface area contributed by atoms with Crippen LogP contribution in [0.2, 0.25) is 0 Å². The molecule has 1 unspecified atom stereocenters. The summed E-state index contributed by atoms with van der Waals surface area (Å²) in [5.41, 5.74) is 0.870. The molecule has 1 aliphatic heterocycles. The Morgan fingerprint density at radius 3 is 2.81 bits per heavy atom. The Kier molecular flexibility index (Phi) is 5.67. The second kappa shape index (κ2) is 8.52. The fourth-order valence-electron chi connectivity index (χ4n) is 3.98. The molecule has 7 heteroatoms. The van der Waals surface area contributed by atoms with E-state index in [-0.39, 0.29) is 12.1 Å². The molecule has 0 aromatic carbocycles. The maximum absolute atomic E-state index is 13.1. The molecule has 4 rings (SSSR count). The largest absolute Gasteiger partial charge is 0.376 e. The zero-order valence-corrected chi connectivity index (χ0v) is 15.6. The summed E-state index contributed by atoms with van der Waals surface area (Å²) in [4.78, 5) is 19.2. The molecule has 1 aliphatic carbocycles. The van der Waals surface area contributed by atoms with E-state index in [1.54, 1.807) is 17.3 Å². The number of nitrogens with one attached hydrogen (secondary N) is 1. The Bertz CT molecular complexity index is 736. The summed E-state index contributed by atoms with van der Waals surface area (Å²) in [5, 5.41) is 7.51. The first-order chi connectivity index (χ1) is 13.3. The lowest BCUT2D eigenvalue weighted by molar-refractivity contribution is 0.0816. The Labute approximate surface area is 159 Å². The Morgan fingerprint density at radius 1 is 1.19 bits per heavy atom. The van der Waals surface area contributed by atoms with Crippen LogP contribution in [0.15, 0.2) is 36.7 Å². The summed E-state index contributed by atoms with van der Waals surface area (Å²) >= 11 is 0. The van der Waals surface area contributed by atoms with Gasteiger partial charge >= 0.3 is 6.03 Å². The summed E-state index contributed by atoms with van der Waals surface area (Å²) in [6, 6.07) is 7.90. The Morgan fingerprint density at radius 2 is 2.07 bits per heavy atom. The van der Waals surface area contributed by atoms with Crippen LogP contribution in [0.3, 0.4) is 0 Å². The van der Waals surface area contributed by atoms with Crippen LogP contribution < -0.4 is 5.32 Å². The second-order valence-electron chi connectivity index (χ2n) is 7.37. The standard InChI is InChI=1S/C20H27N5O2/c26-20(23-19-10-12-22-25(19)17-7-1-2-8-17)24(15-18-9-5-13-27-18)14-16-6-3-4-11-21-16/h3-4,6,10-12,17-18H,1-2,5,7-9,13-15H2,(H,23,26). The first kappa shape index (κ1) is 18.0. The summed E-state index contributed by atoms with van der Waals surface area (Å²) in [7, 11) is 0. The third kappa shape index (κ3) is 4.47. The normalized spacial score (nSPS) is 20.1. The van der Waals surface area contributed by atoms with Crippen molar-refractivity contribution in [1.29, 1.82) is 0 Å². The molecule has 27 heavy (non-hydrogen) atoms. The van der Waals surface area contributed by atoms with Gasteiger partial charge in [-0.1, -0.05) is 18.9 Å². The zero-order valence-electron chi connectivity index (χ0n) is 15.6. The van der Waals surface area contributed by atoms with Gasteiger partial charge in [0.15, 0.2) is 0 Å². The highest BCUT2D eigenvalue weighted by molar-refractivity contribution is 5.88. The molecule has 1 saturated heterocycles. The molecule has 2 aliphatic rings. The predicted molar refractivity (Wildman–Crippen MR) is 102 cm³/mol. The van der Waals surface area contributed by atoms with E-state index in [0.717, 1.165) is 43.8 Å². The van der Waals surface area contributed by atoms with Crippen LogP contribution in [-0.4, -0.2) is 45.0 Å². The quantitative estimate of drug-likeness (QED) is 0.844. The van der Waals surface area contributed by atoms with E-state index in [9.17, 15) is 4.79 Å². The summed E-state index contributed by atoms with van der Waals surface area (Å²) < 4.78 is 7.72. The van der Waals surface area contributed by atoms with Crippen molar-refractivity contribution < 1.29 is 9.53 Å². The molecule has 144 valence electrons. The minimum absolute atomic E-state index is 0.0965. The average molecular weight is 369 g/mol. The van der Waals surface area contributed by atoms with E-state index in [1.165, 1.54) is 12.8 Å². The van der Waals surface area contributed by atoms with Crippen LogP contribution in [0, 0.1) is 0 Å². The molecule has 2 fully saturated rings. The van der Waals surface area contributed by atoms with Crippen LogP contribution in [0.4, 0.5) is 10.6 Å². The van der Waals surface area contributed by atoms with E-state index in [0.29, 0.717) is 19.1 Å². The van der Waals surface area contributed by atoms with E-state index in [1.807, 2.05) is 28.9 Å². The van der Waals surface area contributed by atoms with Gasteiger partial charge < -0.3 is 9.64 Å². The number of ether oxygens (including phenoxy) is 1. The number of amides is 2. The van der Waals surface area contributed by atoms with Crippen molar-refractivity contribution in [2.75, 3.05) is 18.5 Å². The van der Waals surface area contributed by atoms with Gasteiger partial charge in [-0.25, -0.2) is 9.48 Å². The average Bonchev–Trinajstić information content (AvgIpc) is 3.44. The van der Waals surface area contributed by atoms with Crippen molar-refractivity contribution in [3.8, 4) is 0 Å². The van der Waals surface area contributed by atoms with E-state index < -0.39 is 0 Å². The minimum Gasteiger partial charge on any atom is -0.376 e. The molecule has 1 atom stereocenters. The van der Waals surface area contributed by atoms with E-state index in [4.69, 9.17) is 4.74 Å². The van der Waals surface area contributed by atoms with Crippen LogP contribution >= 0.6 is 0 Å².